The predicted molar refractivity (Wildman–Crippen MR) is 158 cm³/mol. The van der Waals surface area contributed by atoms with Crippen molar-refractivity contribution in [2.45, 2.75) is 44.7 Å². The lowest BCUT2D eigenvalue weighted by atomic mass is 10.1. The molecule has 8 nitrogen and oxygen atoms in total. The van der Waals surface area contributed by atoms with E-state index in [2.05, 4.69) is 5.32 Å². The Morgan fingerprint density at radius 2 is 1.65 bits per heavy atom. The van der Waals surface area contributed by atoms with E-state index in [0.29, 0.717) is 17.9 Å². The van der Waals surface area contributed by atoms with Crippen LogP contribution in [0.4, 0.5) is 5.69 Å². The summed E-state index contributed by atoms with van der Waals surface area (Å²) in [4.78, 5) is 28.3. The number of aryl methyl sites for hydroxylation is 1. The molecular formula is C29H33Cl2N3O5S. The Morgan fingerprint density at radius 3 is 2.25 bits per heavy atom. The minimum absolute atomic E-state index is 0.00455. The third-order valence-corrected chi connectivity index (χ3v) is 8.45. The molecule has 0 aliphatic carbocycles. The van der Waals surface area contributed by atoms with Crippen LogP contribution in [-0.4, -0.2) is 51.4 Å². The first kappa shape index (κ1) is 31.3. The first-order chi connectivity index (χ1) is 19.0. The average Bonchev–Trinajstić information content (AvgIpc) is 2.92. The smallest absolute Gasteiger partial charge is 0.264 e. The molecular weight excluding hydrogens is 573 g/mol. The van der Waals surface area contributed by atoms with E-state index in [1.165, 1.54) is 42.3 Å². The van der Waals surface area contributed by atoms with Gasteiger partial charge in [-0.05, 0) is 68.3 Å². The van der Waals surface area contributed by atoms with Crippen molar-refractivity contribution in [2.75, 3.05) is 24.5 Å². The van der Waals surface area contributed by atoms with Crippen LogP contribution in [0.5, 0.6) is 5.75 Å². The average molecular weight is 607 g/mol. The van der Waals surface area contributed by atoms with E-state index in [-0.39, 0.29) is 33.1 Å². The van der Waals surface area contributed by atoms with Crippen molar-refractivity contribution >= 4 is 50.7 Å². The minimum atomic E-state index is -4.23. The molecule has 214 valence electrons. The molecule has 1 atom stereocenters. The van der Waals surface area contributed by atoms with E-state index >= 15 is 0 Å². The first-order valence-electron chi connectivity index (χ1n) is 12.7. The number of amides is 2. The third-order valence-electron chi connectivity index (χ3n) is 6.23. The molecule has 0 heterocycles. The number of nitrogens with one attached hydrogen (secondary N) is 1. The van der Waals surface area contributed by atoms with Gasteiger partial charge in [-0.25, -0.2) is 8.42 Å². The highest BCUT2D eigenvalue weighted by Gasteiger charge is 2.32. The zero-order valence-electron chi connectivity index (χ0n) is 22.9. The molecule has 11 heteroatoms. The predicted octanol–water partition coefficient (Wildman–Crippen LogP) is 5.45. The normalized spacial score (nSPS) is 11.9. The Labute approximate surface area is 245 Å². The van der Waals surface area contributed by atoms with Gasteiger partial charge in [-0.2, -0.15) is 0 Å². The molecule has 0 spiro atoms. The van der Waals surface area contributed by atoms with Crippen molar-refractivity contribution in [3.63, 3.8) is 0 Å². The number of benzene rings is 3. The van der Waals surface area contributed by atoms with Crippen LogP contribution in [0.1, 0.15) is 31.4 Å². The summed E-state index contributed by atoms with van der Waals surface area (Å²) in [5.41, 5.74) is 1.71. The lowest BCUT2D eigenvalue weighted by Crippen LogP contribution is -2.51. The lowest BCUT2D eigenvalue weighted by molar-refractivity contribution is -0.139. The monoisotopic (exact) mass is 605 g/mol. The lowest BCUT2D eigenvalue weighted by Gasteiger charge is -2.32. The summed E-state index contributed by atoms with van der Waals surface area (Å²) in [5.74, 6) is -0.351. The van der Waals surface area contributed by atoms with Gasteiger partial charge in [-0.1, -0.05) is 60.0 Å². The standard InChI is InChI=1S/C29H33Cl2N3O5S/c1-5-13-32-29(36)21(3)33(18-22-7-6-8-26(14-22)39-4)28(35)19-34(25-16-23(30)15-24(31)17-25)40(37,38)27-11-9-20(2)10-12-27/h6-12,14-17,21H,5,13,18-19H2,1-4H3,(H,32,36)/t21-/m1/s1. The molecule has 3 aromatic carbocycles. The molecule has 0 saturated carbocycles. The maximum Gasteiger partial charge on any atom is 0.264 e. The van der Waals surface area contributed by atoms with Crippen LogP contribution in [0.2, 0.25) is 10.0 Å². The third kappa shape index (κ3) is 7.90. The highest BCUT2D eigenvalue weighted by molar-refractivity contribution is 7.92. The highest BCUT2D eigenvalue weighted by Crippen LogP contribution is 2.30. The van der Waals surface area contributed by atoms with Gasteiger partial charge in [0.25, 0.3) is 10.0 Å². The second kappa shape index (κ2) is 13.9. The molecule has 2 amide bonds. The summed E-state index contributed by atoms with van der Waals surface area (Å²) >= 11 is 12.4. The summed E-state index contributed by atoms with van der Waals surface area (Å²) < 4.78 is 34.0. The molecule has 0 fully saturated rings. The van der Waals surface area contributed by atoms with Gasteiger partial charge in [-0.3, -0.25) is 13.9 Å². The summed E-state index contributed by atoms with van der Waals surface area (Å²) in [6.07, 6.45) is 0.723. The second-order valence-corrected chi connectivity index (χ2v) is 12.0. The van der Waals surface area contributed by atoms with Crippen LogP contribution in [0, 0.1) is 6.92 Å². The minimum Gasteiger partial charge on any atom is -0.497 e. The number of carbonyl (C=O) groups excluding carboxylic acids is 2. The number of methoxy groups -OCH3 is 1. The Morgan fingerprint density at radius 1 is 1.00 bits per heavy atom. The van der Waals surface area contributed by atoms with E-state index in [4.69, 9.17) is 27.9 Å². The number of rotatable bonds is 12. The number of carbonyl (C=O) groups is 2. The van der Waals surface area contributed by atoms with Crippen LogP contribution in [0.3, 0.4) is 0 Å². The topological polar surface area (TPSA) is 96.0 Å². The Balaban J connectivity index is 2.06. The van der Waals surface area contributed by atoms with E-state index in [1.54, 1.807) is 43.3 Å². The van der Waals surface area contributed by atoms with Crippen molar-refractivity contribution in [3.8, 4) is 5.75 Å². The molecule has 0 aromatic heterocycles. The number of sulfonamides is 1. The highest BCUT2D eigenvalue weighted by atomic mass is 35.5. The van der Waals surface area contributed by atoms with Crippen LogP contribution < -0.4 is 14.4 Å². The molecule has 3 aromatic rings. The largest absolute Gasteiger partial charge is 0.497 e. The summed E-state index contributed by atoms with van der Waals surface area (Å²) in [7, 11) is -2.69. The fourth-order valence-electron chi connectivity index (χ4n) is 4.00. The molecule has 0 bridgehead atoms. The number of nitrogens with zero attached hydrogens (tertiary/aromatic N) is 2. The van der Waals surface area contributed by atoms with Crippen LogP contribution in [0.15, 0.2) is 71.6 Å². The van der Waals surface area contributed by atoms with Gasteiger partial charge >= 0.3 is 0 Å². The van der Waals surface area contributed by atoms with Crippen LogP contribution in [0.25, 0.3) is 0 Å². The zero-order chi connectivity index (χ0) is 29.4. The molecule has 0 aliphatic rings. The number of ether oxygens (including phenoxy) is 1. The Bertz CT molecular complexity index is 1430. The van der Waals surface area contributed by atoms with E-state index in [1.807, 2.05) is 13.8 Å². The number of hydrogen-bond acceptors (Lipinski definition) is 5. The molecule has 0 unspecified atom stereocenters. The van der Waals surface area contributed by atoms with Crippen LogP contribution in [-0.2, 0) is 26.2 Å². The van der Waals surface area contributed by atoms with Crippen molar-refractivity contribution in [3.05, 3.63) is 87.9 Å². The van der Waals surface area contributed by atoms with Gasteiger partial charge in [-0.15, -0.1) is 0 Å². The van der Waals surface area contributed by atoms with E-state index in [0.717, 1.165) is 16.3 Å². The first-order valence-corrected chi connectivity index (χ1v) is 14.9. The van der Waals surface area contributed by atoms with Crippen molar-refractivity contribution < 1.29 is 22.7 Å². The summed E-state index contributed by atoms with van der Waals surface area (Å²) in [6, 6.07) is 16.8. The fraction of sp³-hybridized carbons (Fsp3) is 0.310. The fourth-order valence-corrected chi connectivity index (χ4v) is 5.91. The van der Waals surface area contributed by atoms with E-state index in [9.17, 15) is 18.0 Å². The molecule has 1 N–H and O–H groups in total. The number of anilines is 1. The molecule has 0 saturated heterocycles. The summed E-state index contributed by atoms with van der Waals surface area (Å²) in [5, 5.41) is 3.23. The number of halogens is 2. The Kier molecular flexibility index (Phi) is 10.8. The zero-order valence-corrected chi connectivity index (χ0v) is 25.2. The van der Waals surface area contributed by atoms with Crippen molar-refractivity contribution in [1.82, 2.24) is 10.2 Å². The second-order valence-electron chi connectivity index (χ2n) is 9.29. The maximum absolute atomic E-state index is 14.0. The summed E-state index contributed by atoms with van der Waals surface area (Å²) in [6.45, 7) is 5.27. The molecule has 0 aliphatic heterocycles. The molecule has 40 heavy (non-hydrogen) atoms. The van der Waals surface area contributed by atoms with Gasteiger partial charge in [0.1, 0.15) is 18.3 Å². The number of hydrogen-bond donors (Lipinski definition) is 1. The molecule has 0 radical (unpaired) electrons. The van der Waals surface area contributed by atoms with E-state index < -0.39 is 28.5 Å². The van der Waals surface area contributed by atoms with Gasteiger partial charge in [0.2, 0.25) is 11.8 Å². The van der Waals surface area contributed by atoms with Gasteiger partial charge in [0.15, 0.2) is 0 Å². The van der Waals surface area contributed by atoms with Gasteiger partial charge in [0, 0.05) is 23.1 Å². The van der Waals surface area contributed by atoms with Gasteiger partial charge < -0.3 is 15.0 Å². The van der Waals surface area contributed by atoms with Crippen molar-refractivity contribution in [1.29, 1.82) is 0 Å². The maximum atomic E-state index is 14.0. The SMILES string of the molecule is CCCNC(=O)[C@@H](C)N(Cc1cccc(OC)c1)C(=O)CN(c1cc(Cl)cc(Cl)c1)S(=O)(=O)c1ccc(C)cc1. The Hall–Kier alpha value is -3.27. The van der Waals surface area contributed by atoms with Crippen molar-refractivity contribution in [2.24, 2.45) is 0 Å². The molecule has 3 rings (SSSR count). The quantitative estimate of drug-likeness (QED) is 0.296. The van der Waals surface area contributed by atoms with Gasteiger partial charge in [0.05, 0.1) is 17.7 Å². The van der Waals surface area contributed by atoms with Crippen LogP contribution >= 0.6 is 23.2 Å².